The molecule has 0 aliphatic rings. The Labute approximate surface area is 129 Å². The first-order valence-electron chi connectivity index (χ1n) is 6.65. The van der Waals surface area contributed by atoms with Gasteiger partial charge in [0.25, 0.3) is 5.69 Å². The monoisotopic (exact) mass is 326 g/mol. The first kappa shape index (κ1) is 16.6. The molecule has 0 atom stereocenters. The minimum absolute atomic E-state index is 0.131. The Bertz CT molecular complexity index is 700. The van der Waals surface area contributed by atoms with Gasteiger partial charge in [-0.15, -0.1) is 0 Å². The van der Waals surface area contributed by atoms with Gasteiger partial charge >= 0.3 is 6.18 Å². The summed E-state index contributed by atoms with van der Waals surface area (Å²) in [6.07, 6.45) is -4.27. The van der Waals surface area contributed by atoms with Crippen molar-refractivity contribution in [2.45, 2.75) is 12.6 Å². The van der Waals surface area contributed by atoms with E-state index in [4.69, 9.17) is 5.11 Å². The van der Waals surface area contributed by atoms with Crippen molar-refractivity contribution in [2.24, 2.45) is 0 Å². The molecule has 0 radical (unpaired) electrons. The van der Waals surface area contributed by atoms with E-state index in [1.807, 2.05) is 0 Å². The Morgan fingerprint density at radius 3 is 2.35 bits per heavy atom. The van der Waals surface area contributed by atoms with Crippen LogP contribution in [0.25, 0.3) is 0 Å². The molecule has 0 spiro atoms. The van der Waals surface area contributed by atoms with E-state index in [9.17, 15) is 23.3 Å². The van der Waals surface area contributed by atoms with Crippen molar-refractivity contribution in [3.05, 3.63) is 63.7 Å². The average Bonchev–Trinajstić information content (AvgIpc) is 2.48. The lowest BCUT2D eigenvalue weighted by Gasteiger charge is -2.11. The summed E-state index contributed by atoms with van der Waals surface area (Å²) in [4.78, 5) is 9.62. The molecule has 122 valence electrons. The van der Waals surface area contributed by atoms with Crippen molar-refractivity contribution in [2.75, 3.05) is 11.9 Å². The van der Waals surface area contributed by atoms with E-state index in [1.54, 1.807) is 12.1 Å². The second kappa shape index (κ2) is 6.55. The highest BCUT2D eigenvalue weighted by Gasteiger charge is 2.38. The number of rotatable bonds is 5. The maximum absolute atomic E-state index is 12.9. The third kappa shape index (κ3) is 4.35. The molecule has 0 saturated carbocycles. The Kier molecular flexibility index (Phi) is 4.73. The number of nitro groups is 1. The van der Waals surface area contributed by atoms with Crippen LogP contribution in [0.4, 0.5) is 24.5 Å². The topological polar surface area (TPSA) is 75.4 Å². The summed E-state index contributed by atoms with van der Waals surface area (Å²) in [7, 11) is 0. The molecule has 2 aromatic carbocycles. The quantitative estimate of drug-likeness (QED) is 0.644. The molecular formula is C15H13F3N2O3. The van der Waals surface area contributed by atoms with Crippen LogP contribution >= 0.6 is 0 Å². The van der Waals surface area contributed by atoms with Gasteiger partial charge in [-0.05, 0) is 36.2 Å². The number of alkyl halides is 3. The Morgan fingerprint density at radius 1 is 1.13 bits per heavy atom. The Morgan fingerprint density at radius 2 is 1.78 bits per heavy atom. The SMILES string of the molecule is O=[N+]([O-])c1ccc(NCCc2ccc(O)cc2)cc1C(F)(F)F. The first-order chi connectivity index (χ1) is 10.8. The number of nitrogens with zero attached hydrogens (tertiary/aromatic N) is 1. The number of phenols is 1. The minimum atomic E-state index is -4.79. The summed E-state index contributed by atoms with van der Waals surface area (Å²) in [6.45, 7) is 0.347. The third-order valence-corrected chi connectivity index (χ3v) is 3.18. The number of anilines is 1. The van der Waals surface area contributed by atoms with Gasteiger partial charge in [0.05, 0.1) is 4.92 Å². The molecule has 0 aliphatic heterocycles. The number of benzene rings is 2. The predicted octanol–water partition coefficient (Wildman–Crippen LogP) is 3.97. The molecule has 2 N–H and O–H groups in total. The summed E-state index contributed by atoms with van der Waals surface area (Å²) < 4.78 is 38.6. The Balaban J connectivity index is 2.08. The van der Waals surface area contributed by atoms with Crippen LogP contribution in [0.1, 0.15) is 11.1 Å². The number of halogens is 3. The van der Waals surface area contributed by atoms with Crippen LogP contribution in [-0.2, 0) is 12.6 Å². The van der Waals surface area contributed by atoms with Crippen LogP contribution < -0.4 is 5.32 Å². The molecule has 0 unspecified atom stereocenters. The fraction of sp³-hybridized carbons (Fsp3) is 0.200. The summed E-state index contributed by atoms with van der Waals surface area (Å²) in [5.41, 5.74) is -1.20. The van der Waals surface area contributed by atoms with E-state index >= 15 is 0 Å². The molecule has 2 rings (SSSR count). The summed E-state index contributed by atoms with van der Waals surface area (Å²) in [5, 5.41) is 22.6. The number of nitrogens with one attached hydrogen (secondary N) is 1. The van der Waals surface area contributed by atoms with Crippen molar-refractivity contribution in [1.82, 2.24) is 0 Å². The van der Waals surface area contributed by atoms with Crippen LogP contribution in [0, 0.1) is 10.1 Å². The second-order valence-electron chi connectivity index (χ2n) is 4.83. The van der Waals surface area contributed by atoms with Crippen molar-refractivity contribution in [3.8, 4) is 5.75 Å². The molecule has 0 heterocycles. The Hall–Kier alpha value is -2.77. The van der Waals surface area contributed by atoms with E-state index in [0.717, 1.165) is 17.7 Å². The highest BCUT2D eigenvalue weighted by molar-refractivity contribution is 5.55. The molecule has 23 heavy (non-hydrogen) atoms. The van der Waals surface area contributed by atoms with Crippen LogP contribution in [-0.4, -0.2) is 16.6 Å². The van der Waals surface area contributed by atoms with Gasteiger partial charge in [-0.1, -0.05) is 12.1 Å². The zero-order chi connectivity index (χ0) is 17.0. The zero-order valence-electron chi connectivity index (χ0n) is 11.8. The van der Waals surface area contributed by atoms with Gasteiger partial charge in [-0.2, -0.15) is 13.2 Å². The number of aromatic hydroxyl groups is 1. The van der Waals surface area contributed by atoms with Gasteiger partial charge in [-0.25, -0.2) is 0 Å². The van der Waals surface area contributed by atoms with Crippen molar-refractivity contribution in [1.29, 1.82) is 0 Å². The number of phenolic OH excluding ortho intramolecular Hbond substituents is 1. The molecule has 0 fully saturated rings. The van der Waals surface area contributed by atoms with Crippen molar-refractivity contribution in [3.63, 3.8) is 0 Å². The van der Waals surface area contributed by atoms with Gasteiger partial charge in [0.1, 0.15) is 11.3 Å². The molecule has 0 saturated heterocycles. The van der Waals surface area contributed by atoms with E-state index < -0.39 is 22.4 Å². The molecule has 2 aromatic rings. The molecule has 8 heteroatoms. The fourth-order valence-corrected chi connectivity index (χ4v) is 2.05. The normalized spacial score (nSPS) is 11.3. The van der Waals surface area contributed by atoms with Crippen LogP contribution in [0.5, 0.6) is 5.75 Å². The molecular weight excluding hydrogens is 313 g/mol. The maximum Gasteiger partial charge on any atom is 0.423 e. The van der Waals surface area contributed by atoms with E-state index in [2.05, 4.69) is 5.32 Å². The van der Waals surface area contributed by atoms with Crippen molar-refractivity contribution >= 4 is 11.4 Å². The molecule has 0 bridgehead atoms. The fourth-order valence-electron chi connectivity index (χ4n) is 2.05. The lowest BCUT2D eigenvalue weighted by Crippen LogP contribution is -2.11. The first-order valence-corrected chi connectivity index (χ1v) is 6.65. The number of nitro benzene ring substituents is 1. The van der Waals surface area contributed by atoms with Crippen molar-refractivity contribution < 1.29 is 23.2 Å². The number of hydrogen-bond donors (Lipinski definition) is 2. The summed E-state index contributed by atoms with van der Waals surface area (Å²) in [6, 6.07) is 9.25. The minimum Gasteiger partial charge on any atom is -0.508 e. The van der Waals surface area contributed by atoms with Gasteiger partial charge in [0, 0.05) is 18.3 Å². The lowest BCUT2D eigenvalue weighted by atomic mass is 10.1. The van der Waals surface area contributed by atoms with Gasteiger partial charge in [-0.3, -0.25) is 10.1 Å². The van der Waals surface area contributed by atoms with Crippen LogP contribution in [0.15, 0.2) is 42.5 Å². The standard InChI is InChI=1S/C15H13F3N2O3/c16-15(17,18)13-9-11(3-6-14(13)20(22)23)19-8-7-10-1-4-12(21)5-2-10/h1-6,9,19,21H,7-8H2. The predicted molar refractivity (Wildman–Crippen MR) is 78.4 cm³/mol. The van der Waals surface area contributed by atoms with E-state index in [0.29, 0.717) is 13.0 Å². The number of hydrogen-bond acceptors (Lipinski definition) is 4. The van der Waals surface area contributed by atoms with Crippen LogP contribution in [0.2, 0.25) is 0 Å². The van der Waals surface area contributed by atoms with Gasteiger partial charge < -0.3 is 10.4 Å². The zero-order valence-corrected chi connectivity index (χ0v) is 11.8. The smallest absolute Gasteiger partial charge is 0.423 e. The largest absolute Gasteiger partial charge is 0.508 e. The van der Waals surface area contributed by atoms with Gasteiger partial charge in [0.15, 0.2) is 0 Å². The van der Waals surface area contributed by atoms with Crippen LogP contribution in [0.3, 0.4) is 0 Å². The van der Waals surface area contributed by atoms with E-state index in [-0.39, 0.29) is 11.4 Å². The van der Waals surface area contributed by atoms with E-state index in [1.165, 1.54) is 18.2 Å². The molecule has 0 amide bonds. The average molecular weight is 326 g/mol. The summed E-state index contributed by atoms with van der Waals surface area (Å²) in [5.74, 6) is 0.131. The highest BCUT2D eigenvalue weighted by Crippen LogP contribution is 2.37. The van der Waals surface area contributed by atoms with Gasteiger partial charge in [0.2, 0.25) is 0 Å². The highest BCUT2D eigenvalue weighted by atomic mass is 19.4. The lowest BCUT2D eigenvalue weighted by molar-refractivity contribution is -0.388. The maximum atomic E-state index is 12.9. The third-order valence-electron chi connectivity index (χ3n) is 3.18. The molecule has 5 nitrogen and oxygen atoms in total. The summed E-state index contributed by atoms with van der Waals surface area (Å²) >= 11 is 0. The second-order valence-corrected chi connectivity index (χ2v) is 4.83. The molecule has 0 aromatic heterocycles. The molecule has 0 aliphatic carbocycles.